The first-order valence-electron chi connectivity index (χ1n) is 17.0. The smallest absolute Gasteiger partial charge is 0.743 e. The molecule has 0 aromatic heterocycles. The van der Waals surface area contributed by atoms with Crippen molar-refractivity contribution in [3.05, 3.63) is 0 Å². The van der Waals surface area contributed by atoms with Gasteiger partial charge in [-0.25, -0.2) is 25.3 Å². The van der Waals surface area contributed by atoms with Gasteiger partial charge in [-0.3, -0.25) is 0 Å². The van der Waals surface area contributed by atoms with Crippen LogP contribution in [0.3, 0.4) is 0 Å². The Kier molecular flexibility index (Phi) is 24.1. The van der Waals surface area contributed by atoms with Crippen LogP contribution in [0.5, 0.6) is 0 Å². The third-order valence-electron chi connectivity index (χ3n) is 9.02. The standard InChI is InChI=1S/3C8HF17O3S.Lu/c3*9-1(10,3(13,14)5(17,18)7(21,22)23)2(11,12)4(15,16)6(19,20)8(24,25)29(26,27)28;/h3*(H,26,27,28);/q;;;+3/p-3. The van der Waals surface area contributed by atoms with E-state index in [4.69, 9.17) is 0 Å². The van der Waals surface area contributed by atoms with Gasteiger partial charge in [0.1, 0.15) is 0 Å². The Morgan fingerprint density at radius 1 is 0.148 bits per heavy atom. The van der Waals surface area contributed by atoms with Crippen molar-refractivity contribution in [3.8, 4) is 0 Å². The Morgan fingerprint density at radius 2 is 0.216 bits per heavy atom. The monoisotopic (exact) mass is 1670 g/mol. The number of hydrogen-bond acceptors (Lipinski definition) is 9. The van der Waals surface area contributed by atoms with Gasteiger partial charge in [-0.15, -0.1) is 0 Å². The summed E-state index contributed by atoms with van der Waals surface area (Å²) in [6.07, 6.45) is -23.7. The predicted molar refractivity (Wildman–Crippen MR) is 151 cm³/mol. The minimum atomic E-state index is -8.92. The van der Waals surface area contributed by atoms with Crippen molar-refractivity contribution in [2.75, 3.05) is 0 Å². The van der Waals surface area contributed by atoms with Crippen molar-refractivity contribution in [3.63, 3.8) is 0 Å². The number of hydrogen-bond donors (Lipinski definition) is 0. The van der Waals surface area contributed by atoms with Crippen LogP contribution in [0.1, 0.15) is 0 Å². The SMILES string of the molecule is O=S(=O)([O-])C(F)(F)C(F)(F)C(F)(F)C(F)(F)C(F)(F)C(F)(F)C(F)(F)C(F)(F)F.O=S(=O)([O-])C(F)(F)C(F)(F)C(F)(F)C(F)(F)C(F)(F)C(F)(F)C(F)(F)C(F)(F)F.O=S(=O)([O-])C(F)(F)C(F)(F)C(F)(F)C(F)(F)C(F)(F)C(F)(F)C(F)(F)C(F)(F)F.[Lu+3]. The van der Waals surface area contributed by atoms with Crippen molar-refractivity contribution >= 4 is 30.4 Å². The molecule has 0 aliphatic carbocycles. The molecule has 9 nitrogen and oxygen atoms in total. The topological polar surface area (TPSA) is 172 Å². The van der Waals surface area contributed by atoms with E-state index in [2.05, 4.69) is 0 Å². The molecule has 0 fully saturated rings. The molecular weight excluding hydrogens is 1670 g/mol. The molecule has 0 saturated carbocycles. The average molecular weight is 1670 g/mol. The van der Waals surface area contributed by atoms with E-state index in [1.807, 2.05) is 0 Å². The van der Waals surface area contributed by atoms with E-state index in [-0.39, 0.29) is 36.9 Å². The van der Waals surface area contributed by atoms with Crippen LogP contribution in [0.4, 0.5) is 224 Å². The summed E-state index contributed by atoms with van der Waals surface area (Å²) in [7, 11) is -24.4. The molecule has 540 valence electrons. The molecule has 0 aliphatic heterocycles. The van der Waals surface area contributed by atoms with Crippen molar-refractivity contribution in [2.45, 2.75) is 141 Å². The maximum Gasteiger partial charge on any atom is 3.00 e. The van der Waals surface area contributed by atoms with Crippen LogP contribution in [-0.2, 0) is 30.4 Å². The van der Waals surface area contributed by atoms with E-state index in [1.54, 1.807) is 0 Å². The van der Waals surface area contributed by atoms with Gasteiger partial charge in [0.25, 0.3) is 0 Å². The molecule has 0 radical (unpaired) electrons. The molecule has 0 aliphatic rings. The molecule has 0 aromatic rings. The second-order valence-corrected chi connectivity index (χ2v) is 19.0. The fourth-order valence-electron chi connectivity index (χ4n) is 3.92. The molecule has 64 heteroatoms. The van der Waals surface area contributed by atoms with Crippen LogP contribution in [-0.4, -0.2) is 180 Å². The maximum atomic E-state index is 13.0. The summed E-state index contributed by atoms with van der Waals surface area (Å²) >= 11 is 0. The molecule has 0 rings (SSSR count). The summed E-state index contributed by atoms with van der Waals surface area (Å²) in [5, 5.41) is -23.9. The normalized spacial score (nSPS) is 16.7. The molecule has 0 N–H and O–H groups in total. The van der Waals surface area contributed by atoms with Gasteiger partial charge >= 0.3 is 178 Å². The number of alkyl halides is 51. The summed E-state index contributed by atoms with van der Waals surface area (Å²) in [4.78, 5) is 0. The fraction of sp³-hybridized carbons (Fsp3) is 1.00. The number of rotatable bonds is 21. The molecule has 0 aromatic carbocycles. The molecule has 0 bridgehead atoms. The van der Waals surface area contributed by atoms with Gasteiger partial charge in [-0.05, 0) is 0 Å². The Hall–Kier alpha value is -2.61. The molecule has 0 atom stereocenters. The Labute approximate surface area is 470 Å². The summed E-state index contributed by atoms with van der Waals surface area (Å²) in [5.41, 5.74) is 0. The third kappa shape index (κ3) is 12.4. The number of halogens is 51. The van der Waals surface area contributed by atoms with Crippen LogP contribution in [0.2, 0.25) is 0 Å². The average Bonchev–Trinajstić information content (AvgIpc) is 3.23. The molecule has 0 spiro atoms. The molecular formula is C24F51LuO9S3. The van der Waals surface area contributed by atoms with Crippen molar-refractivity contribution in [1.82, 2.24) is 0 Å². The van der Waals surface area contributed by atoms with Gasteiger partial charge in [-0.1, -0.05) is 0 Å². The van der Waals surface area contributed by atoms with Crippen LogP contribution in [0.25, 0.3) is 0 Å². The zero-order chi connectivity index (χ0) is 73.5. The quantitative estimate of drug-likeness (QED) is 0.0801. The summed E-state index contributed by atoms with van der Waals surface area (Å²) in [6.45, 7) is 0. The summed E-state index contributed by atoms with van der Waals surface area (Å²) in [6, 6.07) is 0. The van der Waals surface area contributed by atoms with Gasteiger partial charge in [0.2, 0.25) is 0 Å². The van der Waals surface area contributed by atoms with Gasteiger partial charge in [-0.2, -0.15) is 224 Å². The van der Waals surface area contributed by atoms with E-state index >= 15 is 0 Å². The van der Waals surface area contributed by atoms with E-state index < -0.39 is 171 Å². The zero-order valence-electron chi connectivity index (χ0n) is 36.4. The van der Waals surface area contributed by atoms with E-state index in [0.717, 1.165) is 0 Å². The summed E-state index contributed by atoms with van der Waals surface area (Å²) < 4.78 is 732. The fourth-order valence-corrected chi connectivity index (χ4v) is 5.25. The van der Waals surface area contributed by atoms with Crippen LogP contribution >= 0.6 is 0 Å². The minimum Gasteiger partial charge on any atom is -0.743 e. The van der Waals surface area contributed by atoms with E-state index in [1.165, 1.54) is 0 Å². The van der Waals surface area contributed by atoms with Gasteiger partial charge in [0.15, 0.2) is 30.4 Å². The first kappa shape index (κ1) is 91.8. The Balaban J connectivity index is -0.000000598. The van der Waals surface area contributed by atoms with Gasteiger partial charge < -0.3 is 13.7 Å². The molecule has 0 saturated heterocycles. The first-order valence-corrected chi connectivity index (χ1v) is 21.2. The van der Waals surface area contributed by atoms with Gasteiger partial charge in [0.05, 0.1) is 0 Å². The molecule has 88 heavy (non-hydrogen) atoms. The largest absolute Gasteiger partial charge is 3.00 e. The minimum absolute atomic E-state index is 0. The van der Waals surface area contributed by atoms with Crippen LogP contribution < -0.4 is 0 Å². The van der Waals surface area contributed by atoms with E-state index in [9.17, 15) is 263 Å². The second kappa shape index (κ2) is 23.1. The third-order valence-corrected chi connectivity index (χ3v) is 11.7. The summed E-state index contributed by atoms with van der Waals surface area (Å²) in [5.74, 6) is -156. The predicted octanol–water partition coefficient (Wildman–Crippen LogP) is 13.5. The van der Waals surface area contributed by atoms with Crippen molar-refractivity contribution in [1.29, 1.82) is 0 Å². The second-order valence-electron chi connectivity index (χ2n) is 14.7. The zero-order valence-corrected chi connectivity index (χ0v) is 40.5. The van der Waals surface area contributed by atoms with Crippen molar-refractivity contribution in [2.24, 2.45) is 0 Å². The Bertz CT molecular complexity index is 2500. The van der Waals surface area contributed by atoms with Crippen molar-refractivity contribution < 1.29 is 300 Å². The molecule has 0 unspecified atom stereocenters. The molecule has 0 heterocycles. The van der Waals surface area contributed by atoms with Crippen LogP contribution in [0, 0.1) is 36.9 Å². The van der Waals surface area contributed by atoms with Crippen LogP contribution in [0.15, 0.2) is 0 Å². The molecule has 0 amide bonds. The van der Waals surface area contributed by atoms with E-state index in [0.29, 0.717) is 0 Å². The Morgan fingerprint density at radius 3 is 0.284 bits per heavy atom. The van der Waals surface area contributed by atoms with Gasteiger partial charge in [0, 0.05) is 0 Å². The maximum absolute atomic E-state index is 13.0. The first-order chi connectivity index (χ1) is 36.0.